The summed E-state index contributed by atoms with van der Waals surface area (Å²) in [5.74, 6) is 0.859. The molecule has 2 aliphatic rings. The number of methoxy groups -OCH3 is 1. The molecule has 0 unspecified atom stereocenters. The molecule has 1 N–H and O–H groups in total. The zero-order chi connectivity index (χ0) is 17.4. The van der Waals surface area contributed by atoms with Crippen molar-refractivity contribution in [2.24, 2.45) is 0 Å². The Labute approximate surface area is 178 Å². The van der Waals surface area contributed by atoms with Gasteiger partial charge >= 0.3 is 0 Å². The molecule has 0 radical (unpaired) electrons. The molecule has 0 saturated carbocycles. The zero-order valence-electron chi connectivity index (χ0n) is 14.9. The number of ether oxygens (including phenoxy) is 1. The maximum atomic E-state index is 5.62. The average molecular weight is 505 g/mol. The maximum absolute atomic E-state index is 5.62. The molecule has 4 rings (SSSR count). The first-order valence-corrected chi connectivity index (χ1v) is 10.7. The number of H-pyrrole nitrogens is 1. The quantitative estimate of drug-likeness (QED) is 0.512. The van der Waals surface area contributed by atoms with E-state index in [4.69, 9.17) is 4.74 Å². The summed E-state index contributed by atoms with van der Waals surface area (Å²) in [6.45, 7) is 1.04. The van der Waals surface area contributed by atoms with Crippen molar-refractivity contribution in [3.8, 4) is 17.0 Å². The molecule has 3 heterocycles. The van der Waals surface area contributed by atoms with Crippen LogP contribution in [0.25, 0.3) is 11.3 Å². The van der Waals surface area contributed by atoms with Gasteiger partial charge in [-0.25, -0.2) is 0 Å². The van der Waals surface area contributed by atoms with Crippen molar-refractivity contribution in [2.45, 2.75) is 57.2 Å². The van der Waals surface area contributed by atoms with Crippen molar-refractivity contribution in [3.05, 3.63) is 38.9 Å². The molecule has 2 saturated heterocycles. The van der Waals surface area contributed by atoms with Crippen LogP contribution in [0.5, 0.6) is 5.75 Å². The Hall–Kier alpha value is -0.490. The summed E-state index contributed by atoms with van der Waals surface area (Å²) in [4.78, 5) is 6.38. The van der Waals surface area contributed by atoms with E-state index in [9.17, 15) is 0 Å². The van der Waals surface area contributed by atoms with Gasteiger partial charge in [0.2, 0.25) is 0 Å². The molecule has 0 amide bonds. The zero-order valence-corrected chi connectivity index (χ0v) is 18.9. The highest BCUT2D eigenvalue weighted by molar-refractivity contribution is 9.13. The fourth-order valence-corrected chi connectivity index (χ4v) is 5.34. The fraction of sp³-hybridized carbons (Fsp3) is 0.500. The van der Waals surface area contributed by atoms with E-state index in [2.05, 4.69) is 66.0 Å². The summed E-state index contributed by atoms with van der Waals surface area (Å²) in [6, 6.07) is 10.1. The van der Waals surface area contributed by atoms with Crippen molar-refractivity contribution in [2.75, 3.05) is 7.11 Å². The fourth-order valence-electron chi connectivity index (χ4n) is 4.52. The number of nitrogens with one attached hydrogen (secondary N) is 1. The number of hydrogen-bond donors (Lipinski definition) is 1. The summed E-state index contributed by atoms with van der Waals surface area (Å²) in [5.41, 5.74) is 3.50. The first kappa shape index (κ1) is 20.2. The number of benzene rings is 1. The maximum Gasteiger partial charge on any atom is 0.143 e. The van der Waals surface area contributed by atoms with Crippen LogP contribution in [-0.2, 0) is 6.54 Å². The monoisotopic (exact) mass is 502 g/mol. The summed E-state index contributed by atoms with van der Waals surface area (Å²) < 4.78 is 7.58. The van der Waals surface area contributed by atoms with Gasteiger partial charge in [0.15, 0.2) is 0 Å². The van der Waals surface area contributed by atoms with Crippen LogP contribution >= 0.6 is 44.3 Å². The van der Waals surface area contributed by atoms with Gasteiger partial charge in [-0.2, -0.15) is 0 Å². The van der Waals surface area contributed by atoms with Gasteiger partial charge in [0.25, 0.3) is 0 Å². The molecule has 3 nitrogen and oxygen atoms in total. The predicted molar refractivity (Wildman–Crippen MR) is 116 cm³/mol. The third-order valence-corrected chi connectivity index (χ3v) is 7.71. The molecule has 1 aromatic heterocycles. The van der Waals surface area contributed by atoms with E-state index in [-0.39, 0.29) is 12.4 Å². The SMILES string of the molecule is COc1c(-c2ccc(CN3C4CCCC3CCC4)[nH]2)ccc(Br)c1Br.Cl. The highest BCUT2D eigenvalue weighted by atomic mass is 79.9. The molecule has 6 heteroatoms. The van der Waals surface area contributed by atoms with E-state index in [1.54, 1.807) is 7.11 Å². The van der Waals surface area contributed by atoms with Crippen LogP contribution in [0.3, 0.4) is 0 Å². The van der Waals surface area contributed by atoms with E-state index in [0.717, 1.165) is 44.6 Å². The molecule has 0 aliphatic carbocycles. The van der Waals surface area contributed by atoms with Crippen LogP contribution in [0.1, 0.15) is 44.2 Å². The second-order valence-electron chi connectivity index (χ2n) is 7.18. The predicted octanol–water partition coefficient (Wildman–Crippen LogP) is 6.54. The van der Waals surface area contributed by atoms with Crippen LogP contribution in [0.15, 0.2) is 33.2 Å². The first-order chi connectivity index (χ1) is 12.2. The summed E-state index contributed by atoms with van der Waals surface area (Å²) >= 11 is 7.16. The van der Waals surface area contributed by atoms with E-state index in [1.165, 1.54) is 44.2 Å². The Morgan fingerprint density at radius 1 is 1.04 bits per heavy atom. The smallest absolute Gasteiger partial charge is 0.143 e. The second-order valence-corrected chi connectivity index (χ2v) is 8.83. The van der Waals surface area contributed by atoms with Crippen molar-refractivity contribution in [1.29, 1.82) is 0 Å². The minimum atomic E-state index is 0. The van der Waals surface area contributed by atoms with Gasteiger partial charge in [-0.1, -0.05) is 12.8 Å². The molecular weight excluding hydrogens is 479 g/mol. The number of hydrogen-bond acceptors (Lipinski definition) is 2. The van der Waals surface area contributed by atoms with Crippen LogP contribution in [0.2, 0.25) is 0 Å². The molecule has 26 heavy (non-hydrogen) atoms. The lowest BCUT2D eigenvalue weighted by atomic mass is 9.84. The molecule has 2 aliphatic heterocycles. The minimum absolute atomic E-state index is 0. The van der Waals surface area contributed by atoms with Crippen molar-refractivity contribution >= 4 is 44.3 Å². The Morgan fingerprint density at radius 3 is 2.31 bits per heavy atom. The third-order valence-electron chi connectivity index (χ3n) is 5.73. The van der Waals surface area contributed by atoms with Gasteiger partial charge in [-0.3, -0.25) is 4.90 Å². The van der Waals surface area contributed by atoms with E-state index >= 15 is 0 Å². The summed E-state index contributed by atoms with van der Waals surface area (Å²) in [6.07, 6.45) is 8.31. The van der Waals surface area contributed by atoms with E-state index in [1.807, 2.05) is 0 Å². The Morgan fingerprint density at radius 2 is 1.69 bits per heavy atom. The largest absolute Gasteiger partial charge is 0.495 e. The Bertz CT molecular complexity index is 742. The molecule has 2 aromatic rings. The third kappa shape index (κ3) is 3.87. The second kappa shape index (κ2) is 8.68. The van der Waals surface area contributed by atoms with Gasteiger partial charge in [0, 0.05) is 40.1 Å². The normalized spacial score (nSPS) is 22.7. The number of nitrogens with zero attached hydrogens (tertiary/aromatic N) is 1. The van der Waals surface area contributed by atoms with Crippen LogP contribution in [-0.4, -0.2) is 29.1 Å². The average Bonchev–Trinajstić information content (AvgIpc) is 3.05. The molecule has 0 spiro atoms. The number of aromatic nitrogens is 1. The Balaban J connectivity index is 0.00000196. The number of aromatic amines is 1. The lowest BCUT2D eigenvalue weighted by molar-refractivity contribution is 0.0323. The highest BCUT2D eigenvalue weighted by Crippen LogP contribution is 2.41. The number of fused-ring (bicyclic) bond motifs is 2. The van der Waals surface area contributed by atoms with E-state index in [0.29, 0.717) is 0 Å². The lowest BCUT2D eigenvalue weighted by Gasteiger charge is -2.46. The number of piperidine rings is 2. The highest BCUT2D eigenvalue weighted by Gasteiger charge is 2.33. The van der Waals surface area contributed by atoms with Gasteiger partial charge in [0.1, 0.15) is 5.75 Å². The first-order valence-electron chi connectivity index (χ1n) is 9.13. The van der Waals surface area contributed by atoms with Crippen molar-refractivity contribution in [3.63, 3.8) is 0 Å². The summed E-state index contributed by atoms with van der Waals surface area (Å²) in [7, 11) is 1.72. The van der Waals surface area contributed by atoms with Crippen LogP contribution in [0.4, 0.5) is 0 Å². The molecule has 2 fully saturated rings. The molecule has 142 valence electrons. The van der Waals surface area contributed by atoms with Crippen LogP contribution < -0.4 is 4.74 Å². The van der Waals surface area contributed by atoms with Gasteiger partial charge in [-0.15, -0.1) is 12.4 Å². The molecular formula is C20H25Br2ClN2O. The molecule has 1 aromatic carbocycles. The van der Waals surface area contributed by atoms with Gasteiger partial charge < -0.3 is 9.72 Å². The van der Waals surface area contributed by atoms with Gasteiger partial charge in [-0.05, 0) is 81.8 Å². The summed E-state index contributed by atoms with van der Waals surface area (Å²) in [5, 5.41) is 0. The van der Waals surface area contributed by atoms with Crippen molar-refractivity contribution in [1.82, 2.24) is 9.88 Å². The lowest BCUT2D eigenvalue weighted by Crippen LogP contribution is -2.48. The number of rotatable bonds is 4. The van der Waals surface area contributed by atoms with E-state index < -0.39 is 0 Å². The molecule has 0 atom stereocenters. The molecule has 2 bridgehead atoms. The van der Waals surface area contributed by atoms with Gasteiger partial charge in [0.05, 0.1) is 11.6 Å². The standard InChI is InChI=1S/C20H24Br2N2O.ClH/c1-25-20-16(9-10-17(21)19(20)22)18-11-8-13(23-18)12-24-14-4-2-5-15(24)7-3-6-14;/h8-11,14-15,23H,2-7,12H2,1H3;1H. The Kier molecular flexibility index (Phi) is 6.76. The minimum Gasteiger partial charge on any atom is -0.495 e. The van der Waals surface area contributed by atoms with Crippen molar-refractivity contribution < 1.29 is 4.74 Å². The topological polar surface area (TPSA) is 28.3 Å². The van der Waals surface area contributed by atoms with Crippen LogP contribution in [0, 0.1) is 0 Å². The number of halogens is 3.